The molecule has 1 aromatic carbocycles. The van der Waals surface area contributed by atoms with Crippen molar-refractivity contribution in [2.24, 2.45) is 17.8 Å². The number of thioether (sulfide) groups is 1. The van der Waals surface area contributed by atoms with Crippen molar-refractivity contribution in [1.29, 1.82) is 0 Å². The van der Waals surface area contributed by atoms with Gasteiger partial charge in [0.1, 0.15) is 5.75 Å². The lowest BCUT2D eigenvalue weighted by atomic mass is 9.53. The Morgan fingerprint density at radius 3 is 2.52 bits per heavy atom. The number of nitrogens with zero attached hydrogens (tertiary/aromatic N) is 2. The number of phenols is 1. The molecule has 2 aromatic rings. The van der Waals surface area contributed by atoms with Gasteiger partial charge in [-0.3, -0.25) is 9.89 Å². The molecule has 1 aromatic heterocycles. The number of aromatic nitrogens is 3. The number of carbonyl (C=O) groups is 1. The third kappa shape index (κ3) is 3.33. The highest BCUT2D eigenvalue weighted by atomic mass is 32.2. The van der Waals surface area contributed by atoms with E-state index < -0.39 is 0 Å². The van der Waals surface area contributed by atoms with Gasteiger partial charge in [-0.25, -0.2) is 4.98 Å². The third-order valence-electron chi connectivity index (χ3n) is 6.40. The van der Waals surface area contributed by atoms with Crippen molar-refractivity contribution in [2.75, 3.05) is 5.75 Å². The maximum atomic E-state index is 12.6. The minimum absolute atomic E-state index is 0.0480. The van der Waals surface area contributed by atoms with Crippen LogP contribution >= 0.6 is 11.8 Å². The lowest BCUT2D eigenvalue weighted by Gasteiger charge is -2.56. The number of rotatable bonds is 5. The van der Waals surface area contributed by atoms with Crippen molar-refractivity contribution in [2.45, 2.75) is 49.2 Å². The summed E-state index contributed by atoms with van der Waals surface area (Å²) >= 11 is 1.33. The number of para-hydroxylation sites is 1. The molecule has 4 saturated carbocycles. The molecule has 0 atom stereocenters. The van der Waals surface area contributed by atoms with Gasteiger partial charge in [-0.05, 0) is 68.4 Å². The fourth-order valence-electron chi connectivity index (χ4n) is 5.83. The third-order valence-corrected chi connectivity index (χ3v) is 7.25. The molecule has 4 aliphatic carbocycles. The normalized spacial score (nSPS) is 31.2. The van der Waals surface area contributed by atoms with Gasteiger partial charge in [-0.1, -0.05) is 23.9 Å². The Balaban J connectivity index is 1.20. The Morgan fingerprint density at radius 2 is 1.85 bits per heavy atom. The van der Waals surface area contributed by atoms with Crippen LogP contribution in [0.3, 0.4) is 0 Å². The van der Waals surface area contributed by atoms with Crippen LogP contribution in [0, 0.1) is 17.8 Å². The van der Waals surface area contributed by atoms with Gasteiger partial charge < -0.3 is 10.4 Å². The lowest BCUT2D eigenvalue weighted by Crippen LogP contribution is -2.60. The van der Waals surface area contributed by atoms with Gasteiger partial charge in [-0.2, -0.15) is 0 Å². The first-order chi connectivity index (χ1) is 13.1. The SMILES string of the molecule is O=C(CSc1n[nH]c(-c2ccccc2O)n1)NC12CC3CC(CC(C3)C1)C2. The molecule has 6 rings (SSSR count). The fourth-order valence-corrected chi connectivity index (χ4v) is 6.43. The number of carbonyl (C=O) groups excluding carboxylic acids is 1. The molecule has 142 valence electrons. The molecule has 0 aliphatic heterocycles. The Hall–Kier alpha value is -2.02. The second-order valence-corrected chi connectivity index (χ2v) is 9.46. The minimum Gasteiger partial charge on any atom is -0.507 e. The monoisotopic (exact) mass is 384 g/mol. The highest BCUT2D eigenvalue weighted by Crippen LogP contribution is 2.55. The number of hydrogen-bond donors (Lipinski definition) is 3. The summed E-state index contributed by atoms with van der Waals surface area (Å²) in [5, 5.41) is 20.8. The van der Waals surface area contributed by atoms with E-state index in [-0.39, 0.29) is 17.2 Å². The summed E-state index contributed by atoms with van der Waals surface area (Å²) in [4.78, 5) is 17.0. The molecule has 6 nitrogen and oxygen atoms in total. The average Bonchev–Trinajstić information content (AvgIpc) is 3.07. The highest BCUT2D eigenvalue weighted by Gasteiger charge is 2.51. The topological polar surface area (TPSA) is 90.9 Å². The summed E-state index contributed by atoms with van der Waals surface area (Å²) in [7, 11) is 0. The highest BCUT2D eigenvalue weighted by molar-refractivity contribution is 7.99. The van der Waals surface area contributed by atoms with Gasteiger partial charge in [0.05, 0.1) is 11.3 Å². The molecule has 0 unspecified atom stereocenters. The molecule has 4 aliphatic rings. The molecule has 1 heterocycles. The van der Waals surface area contributed by atoms with E-state index in [2.05, 4.69) is 20.5 Å². The van der Waals surface area contributed by atoms with Crippen molar-refractivity contribution in [3.63, 3.8) is 0 Å². The van der Waals surface area contributed by atoms with E-state index in [1.165, 1.54) is 31.0 Å². The largest absolute Gasteiger partial charge is 0.507 e. The average molecular weight is 385 g/mol. The van der Waals surface area contributed by atoms with Crippen LogP contribution in [-0.2, 0) is 4.79 Å². The molecule has 1 amide bonds. The molecule has 4 fully saturated rings. The summed E-state index contributed by atoms with van der Waals surface area (Å²) in [6.07, 6.45) is 7.59. The van der Waals surface area contributed by atoms with Crippen molar-refractivity contribution in [3.8, 4) is 17.1 Å². The van der Waals surface area contributed by atoms with Crippen LogP contribution in [0.15, 0.2) is 29.4 Å². The standard InChI is InChI=1S/C20H24N4O2S/c25-16-4-2-1-3-15(16)18-21-19(24-23-18)27-11-17(26)22-20-8-12-5-13(9-20)7-14(6-12)10-20/h1-4,12-14,25H,5-11H2,(H,22,26)(H,21,23,24). The number of H-pyrrole nitrogens is 1. The van der Waals surface area contributed by atoms with E-state index >= 15 is 0 Å². The first-order valence-corrected chi connectivity index (χ1v) is 10.7. The van der Waals surface area contributed by atoms with Gasteiger partial charge >= 0.3 is 0 Å². The number of phenolic OH excluding ortho intramolecular Hbond substituents is 1. The van der Waals surface area contributed by atoms with Crippen LogP contribution in [0.4, 0.5) is 0 Å². The minimum atomic E-state index is 0.0480. The maximum absolute atomic E-state index is 12.6. The predicted octanol–water partition coefficient (Wildman–Crippen LogP) is 3.35. The van der Waals surface area contributed by atoms with Crippen LogP contribution in [0.25, 0.3) is 11.4 Å². The summed E-state index contributed by atoms with van der Waals surface area (Å²) in [6.45, 7) is 0. The van der Waals surface area contributed by atoms with Gasteiger partial charge in [0, 0.05) is 5.54 Å². The Morgan fingerprint density at radius 1 is 1.19 bits per heavy atom. The van der Waals surface area contributed by atoms with Crippen LogP contribution in [0.5, 0.6) is 5.75 Å². The molecule has 7 heteroatoms. The van der Waals surface area contributed by atoms with E-state index in [1.54, 1.807) is 18.2 Å². The molecule has 3 N–H and O–H groups in total. The number of hydrogen-bond acceptors (Lipinski definition) is 5. The Bertz CT molecular complexity index is 830. The quantitative estimate of drug-likeness (QED) is 0.688. The Labute approximate surface area is 162 Å². The van der Waals surface area contributed by atoms with E-state index in [1.807, 2.05) is 6.07 Å². The van der Waals surface area contributed by atoms with Gasteiger partial charge in [0.15, 0.2) is 5.82 Å². The van der Waals surface area contributed by atoms with Crippen LogP contribution in [0.1, 0.15) is 38.5 Å². The van der Waals surface area contributed by atoms with Crippen LogP contribution < -0.4 is 5.32 Å². The second-order valence-electron chi connectivity index (χ2n) is 8.52. The van der Waals surface area contributed by atoms with Crippen molar-refractivity contribution in [3.05, 3.63) is 24.3 Å². The van der Waals surface area contributed by atoms with E-state index in [9.17, 15) is 9.90 Å². The molecule has 0 spiro atoms. The molecule has 0 radical (unpaired) electrons. The lowest BCUT2D eigenvalue weighted by molar-refractivity contribution is -0.124. The van der Waals surface area contributed by atoms with E-state index in [4.69, 9.17) is 0 Å². The summed E-state index contributed by atoms with van der Waals surface area (Å²) in [6, 6.07) is 7.00. The van der Waals surface area contributed by atoms with Gasteiger partial charge in [0.25, 0.3) is 0 Å². The summed E-state index contributed by atoms with van der Waals surface area (Å²) in [5.41, 5.74) is 0.654. The van der Waals surface area contributed by atoms with Crippen LogP contribution in [-0.4, -0.2) is 37.5 Å². The first kappa shape index (κ1) is 17.1. The van der Waals surface area contributed by atoms with E-state index in [0.717, 1.165) is 37.0 Å². The maximum Gasteiger partial charge on any atom is 0.230 e. The van der Waals surface area contributed by atoms with Gasteiger partial charge in [-0.15, -0.1) is 5.10 Å². The van der Waals surface area contributed by atoms with E-state index in [0.29, 0.717) is 22.3 Å². The number of amides is 1. The van der Waals surface area contributed by atoms with Crippen LogP contribution in [0.2, 0.25) is 0 Å². The second kappa shape index (κ2) is 6.55. The zero-order valence-electron chi connectivity index (χ0n) is 15.1. The zero-order valence-corrected chi connectivity index (χ0v) is 16.0. The smallest absolute Gasteiger partial charge is 0.230 e. The summed E-state index contributed by atoms with van der Waals surface area (Å²) in [5.74, 6) is 3.52. The summed E-state index contributed by atoms with van der Waals surface area (Å²) < 4.78 is 0. The molecule has 4 bridgehead atoms. The van der Waals surface area contributed by atoms with Gasteiger partial charge in [0.2, 0.25) is 11.1 Å². The van der Waals surface area contributed by atoms with Crippen molar-refractivity contribution >= 4 is 17.7 Å². The predicted molar refractivity (Wildman–Crippen MR) is 103 cm³/mol. The molecule has 0 saturated heterocycles. The molecular weight excluding hydrogens is 360 g/mol. The first-order valence-electron chi connectivity index (χ1n) is 9.73. The van der Waals surface area contributed by atoms with Crippen molar-refractivity contribution in [1.82, 2.24) is 20.5 Å². The number of aromatic hydroxyl groups is 1. The van der Waals surface area contributed by atoms with Crippen molar-refractivity contribution < 1.29 is 9.90 Å². The fraction of sp³-hybridized carbons (Fsp3) is 0.550. The zero-order chi connectivity index (χ0) is 18.4. The molecule has 27 heavy (non-hydrogen) atoms. The number of aromatic amines is 1. The Kier molecular flexibility index (Phi) is 4.15. The number of nitrogens with one attached hydrogen (secondary N) is 2. The molecular formula is C20H24N4O2S. The number of benzene rings is 1.